The maximum atomic E-state index is 13.0. The maximum absolute atomic E-state index is 13.0. The van der Waals surface area contributed by atoms with Gasteiger partial charge < -0.3 is 38.2 Å². The van der Waals surface area contributed by atoms with Crippen molar-refractivity contribution in [2.24, 2.45) is 0 Å². The topological polar surface area (TPSA) is 162 Å². The maximum Gasteiger partial charge on any atom is 0.573 e. The molecule has 0 atom stereocenters. The molecule has 2 fully saturated rings. The van der Waals surface area contributed by atoms with E-state index in [1.54, 1.807) is 46.6 Å². The summed E-state index contributed by atoms with van der Waals surface area (Å²) in [4.78, 5) is 13.2. The number of nitrogens with zero attached hydrogens (tertiary/aromatic N) is 6. The Labute approximate surface area is 407 Å². The lowest BCUT2D eigenvalue weighted by Crippen LogP contribution is -2.48. The minimum Gasteiger partial charge on any atom is -0.497 e. The van der Waals surface area contributed by atoms with Gasteiger partial charge >= 0.3 is 12.7 Å². The van der Waals surface area contributed by atoms with Gasteiger partial charge in [0.15, 0.2) is 10.3 Å². The second-order valence-corrected chi connectivity index (χ2v) is 20.5. The Morgan fingerprint density at radius 3 is 1.26 bits per heavy atom. The molecule has 4 heterocycles. The van der Waals surface area contributed by atoms with Crippen LogP contribution in [0.3, 0.4) is 0 Å². The molecular weight excluding hydrogens is 1010 g/mol. The summed E-state index contributed by atoms with van der Waals surface area (Å²) in [6.45, 7) is 2.50. The molecule has 70 heavy (non-hydrogen) atoms. The van der Waals surface area contributed by atoms with Crippen molar-refractivity contribution in [2.75, 3.05) is 90.6 Å². The van der Waals surface area contributed by atoms with Gasteiger partial charge in [0.1, 0.15) is 34.5 Å². The van der Waals surface area contributed by atoms with Crippen LogP contribution < -0.4 is 38.2 Å². The summed E-state index contributed by atoms with van der Waals surface area (Å²) in [6, 6.07) is 19.3. The lowest BCUT2D eigenvalue weighted by atomic mass is 10.1. The third-order valence-electron chi connectivity index (χ3n) is 10.8. The third-order valence-corrected chi connectivity index (χ3v) is 16.4. The molecule has 16 nitrogen and oxygen atoms in total. The van der Waals surface area contributed by atoms with Crippen LogP contribution in [0.15, 0.2) is 105 Å². The first-order chi connectivity index (χ1) is 33.2. The molecule has 0 bridgehead atoms. The second kappa shape index (κ2) is 21.5. The normalized spacial score (nSPS) is 15.2. The summed E-state index contributed by atoms with van der Waals surface area (Å²) < 4.78 is 157. The number of hydrogen-bond donors (Lipinski definition) is 0. The van der Waals surface area contributed by atoms with Crippen molar-refractivity contribution < 1.29 is 71.6 Å². The van der Waals surface area contributed by atoms with E-state index >= 15 is 0 Å². The van der Waals surface area contributed by atoms with Crippen molar-refractivity contribution in [3.05, 3.63) is 95.7 Å². The molecule has 2 aliphatic rings. The second-order valence-electron chi connectivity index (χ2n) is 15.0. The number of aromatic nitrogens is 2. The Kier molecular flexibility index (Phi) is 15.9. The molecular formula is C44H44F6N6O10S4. The molecule has 2 aromatic heterocycles. The Hall–Kier alpha value is -6.06. The number of sulfonamides is 2. The van der Waals surface area contributed by atoms with Crippen LogP contribution in [-0.2, 0) is 20.0 Å². The van der Waals surface area contributed by atoms with E-state index in [-0.39, 0.29) is 36.0 Å². The van der Waals surface area contributed by atoms with Gasteiger partial charge in [0.05, 0.1) is 49.6 Å². The van der Waals surface area contributed by atoms with Gasteiger partial charge in [-0.3, -0.25) is 0 Å². The number of halogens is 6. The van der Waals surface area contributed by atoms with E-state index in [0.29, 0.717) is 49.2 Å². The fourth-order valence-electron chi connectivity index (χ4n) is 7.26. The number of hydrogen-bond acceptors (Lipinski definition) is 16. The molecule has 376 valence electrons. The average Bonchev–Trinajstić information content (AvgIpc) is 4.05. The smallest absolute Gasteiger partial charge is 0.497 e. The van der Waals surface area contributed by atoms with Gasteiger partial charge in [-0.15, -0.1) is 49.0 Å². The van der Waals surface area contributed by atoms with Crippen LogP contribution in [0.25, 0.3) is 22.5 Å². The Bertz CT molecular complexity index is 2940. The monoisotopic (exact) mass is 1060 g/mol. The van der Waals surface area contributed by atoms with Crippen LogP contribution in [0.1, 0.15) is 0 Å². The van der Waals surface area contributed by atoms with Gasteiger partial charge in [-0.05, 0) is 78.9 Å². The summed E-state index contributed by atoms with van der Waals surface area (Å²) in [6.07, 6.45) is -9.69. The molecule has 0 N–H and O–H groups in total. The molecule has 8 rings (SSSR count). The molecule has 0 unspecified atom stereocenters. The van der Waals surface area contributed by atoms with Crippen LogP contribution in [-0.4, -0.2) is 129 Å². The first-order valence-corrected chi connectivity index (χ1v) is 25.4. The number of alkyl halides is 6. The number of methoxy groups -OCH3 is 4. The van der Waals surface area contributed by atoms with Gasteiger partial charge in [0, 0.05) is 80.3 Å². The van der Waals surface area contributed by atoms with E-state index in [1.165, 1.54) is 31.3 Å². The molecule has 0 amide bonds. The van der Waals surface area contributed by atoms with Crippen LogP contribution >= 0.6 is 22.7 Å². The van der Waals surface area contributed by atoms with E-state index < -0.39 is 44.3 Å². The van der Waals surface area contributed by atoms with Crippen LogP contribution in [0, 0.1) is 0 Å². The summed E-state index contributed by atoms with van der Waals surface area (Å²) in [7, 11) is -1.41. The van der Waals surface area contributed by atoms with Crippen LogP contribution in [0.4, 0.5) is 36.6 Å². The predicted octanol–water partition coefficient (Wildman–Crippen LogP) is 8.47. The van der Waals surface area contributed by atoms with Gasteiger partial charge in [0.25, 0.3) is 0 Å². The van der Waals surface area contributed by atoms with Crippen molar-refractivity contribution in [1.29, 1.82) is 0 Å². The highest BCUT2D eigenvalue weighted by Gasteiger charge is 2.34. The first-order valence-electron chi connectivity index (χ1n) is 20.8. The minimum atomic E-state index is -4.84. The number of benzene rings is 4. The molecule has 0 aliphatic carbocycles. The Morgan fingerprint density at radius 1 is 0.471 bits per heavy atom. The highest BCUT2D eigenvalue weighted by atomic mass is 32.2. The van der Waals surface area contributed by atoms with Crippen molar-refractivity contribution in [2.45, 2.75) is 22.5 Å². The third kappa shape index (κ3) is 12.4. The zero-order valence-electron chi connectivity index (χ0n) is 37.6. The Balaban J connectivity index is 0.000000206. The fourth-order valence-corrected chi connectivity index (χ4v) is 11.9. The van der Waals surface area contributed by atoms with E-state index in [2.05, 4.69) is 9.47 Å². The minimum absolute atomic E-state index is 0.0939. The Morgan fingerprint density at radius 2 is 0.857 bits per heavy atom. The van der Waals surface area contributed by atoms with Gasteiger partial charge in [0.2, 0.25) is 20.0 Å². The lowest BCUT2D eigenvalue weighted by Gasteiger charge is -2.33. The van der Waals surface area contributed by atoms with Gasteiger partial charge in [-0.1, -0.05) is 0 Å². The van der Waals surface area contributed by atoms with E-state index in [9.17, 15) is 43.2 Å². The molecule has 0 spiro atoms. The number of rotatable bonds is 14. The SMILES string of the molecule is COc1ccc(-c2csc(N3CCN(S(=O)(=O)c4ccc(OC(F)(F)F)cc4)CC3)n2)c(OC)c1.COc1ccc(OC)c(-c2csc(N3CCN(S(=O)(=O)c4ccc(OC(F)(F)F)cc4)CC3)n2)c1. The molecule has 2 saturated heterocycles. The number of ether oxygens (including phenoxy) is 6. The fraction of sp³-hybridized carbons (Fsp3) is 0.318. The molecule has 6 aromatic rings. The number of thiazole rings is 2. The van der Waals surface area contributed by atoms with E-state index in [4.69, 9.17) is 28.9 Å². The molecule has 26 heteroatoms. The van der Waals surface area contributed by atoms with Crippen molar-refractivity contribution >= 4 is 53.0 Å². The summed E-state index contributed by atoms with van der Waals surface area (Å²) >= 11 is 2.88. The van der Waals surface area contributed by atoms with Gasteiger partial charge in [-0.2, -0.15) is 8.61 Å². The lowest BCUT2D eigenvalue weighted by molar-refractivity contribution is -0.275. The molecule has 0 radical (unpaired) electrons. The predicted molar refractivity (Wildman–Crippen MR) is 250 cm³/mol. The van der Waals surface area contributed by atoms with E-state index in [1.807, 2.05) is 38.8 Å². The van der Waals surface area contributed by atoms with Crippen LogP contribution in [0.2, 0.25) is 0 Å². The molecule has 0 saturated carbocycles. The van der Waals surface area contributed by atoms with Crippen molar-refractivity contribution in [3.63, 3.8) is 0 Å². The first kappa shape index (κ1) is 51.8. The standard InChI is InChI=1S/2C22H22F3N3O5S2/c1-31-16-5-8-20(32-2)18(13-16)19-14-34-21(26-19)27-9-11-28(12-10-27)35(29,30)17-6-3-15(4-7-17)33-22(23,24)25;1-31-16-5-8-18(20(13-16)32-2)19-14-34-21(26-19)27-9-11-28(12-10-27)35(29,30)17-6-3-15(4-7-17)33-22(23,24)25/h2*3-8,13-14H,9-12H2,1-2H3. The molecule has 2 aliphatic heterocycles. The number of anilines is 2. The zero-order chi connectivity index (χ0) is 50.4. The van der Waals surface area contributed by atoms with Crippen molar-refractivity contribution in [3.8, 4) is 57.0 Å². The summed E-state index contributed by atoms with van der Waals surface area (Å²) in [5, 5.41) is 5.31. The highest BCUT2D eigenvalue weighted by Crippen LogP contribution is 2.38. The van der Waals surface area contributed by atoms with E-state index in [0.717, 1.165) is 81.3 Å². The molecule has 4 aromatic carbocycles. The van der Waals surface area contributed by atoms with Crippen LogP contribution in [0.5, 0.6) is 34.5 Å². The largest absolute Gasteiger partial charge is 0.573 e. The quantitative estimate of drug-likeness (QED) is 0.0955. The zero-order valence-corrected chi connectivity index (χ0v) is 40.8. The average molecular weight is 1060 g/mol. The summed E-state index contributed by atoms with van der Waals surface area (Å²) in [5.74, 6) is 1.67. The van der Waals surface area contributed by atoms with Gasteiger partial charge in [-0.25, -0.2) is 26.8 Å². The highest BCUT2D eigenvalue weighted by molar-refractivity contribution is 7.89. The van der Waals surface area contributed by atoms with Crippen molar-refractivity contribution in [1.82, 2.24) is 18.6 Å². The number of piperazine rings is 2. The summed E-state index contributed by atoms with van der Waals surface area (Å²) in [5.41, 5.74) is 3.06.